The summed E-state index contributed by atoms with van der Waals surface area (Å²) in [5, 5.41) is 8.73. The van der Waals surface area contributed by atoms with Crippen LogP contribution in [-0.4, -0.2) is 34.8 Å². The molecule has 0 saturated heterocycles. The van der Waals surface area contributed by atoms with Crippen molar-refractivity contribution in [1.82, 2.24) is 15.2 Å². The number of rotatable bonds is 5. The second kappa shape index (κ2) is 6.00. The molecule has 0 atom stereocenters. The van der Waals surface area contributed by atoms with Crippen LogP contribution in [0.1, 0.15) is 17.3 Å². The van der Waals surface area contributed by atoms with E-state index < -0.39 is 11.7 Å². The highest BCUT2D eigenvalue weighted by Crippen LogP contribution is 2.18. The first-order valence-electron chi connectivity index (χ1n) is 5.84. The van der Waals surface area contributed by atoms with Crippen LogP contribution < -0.4 is 14.8 Å². The number of amides is 1. The smallest absolute Gasteiger partial charge is 0.337 e. The normalized spacial score (nSPS) is 10.2. The number of hydrogen-bond donors (Lipinski definition) is 2. The molecule has 0 bridgehead atoms. The SMILES string of the molecule is CCOc1n[nH]c(NC(=O)c2ccc(F)c(OC)c2)n1. The Bertz CT molecular complexity index is 614. The number of ether oxygens (including phenoxy) is 2. The first kappa shape index (κ1) is 13.8. The molecule has 1 aromatic heterocycles. The fourth-order valence-corrected chi connectivity index (χ4v) is 1.48. The van der Waals surface area contributed by atoms with Gasteiger partial charge in [-0.3, -0.25) is 10.1 Å². The number of carbonyl (C=O) groups is 1. The molecule has 1 heterocycles. The molecule has 7 nitrogen and oxygen atoms in total. The van der Waals surface area contributed by atoms with E-state index in [1.165, 1.54) is 19.2 Å². The van der Waals surface area contributed by atoms with Crippen LogP contribution in [0.25, 0.3) is 0 Å². The van der Waals surface area contributed by atoms with E-state index in [0.717, 1.165) is 6.07 Å². The number of carbonyl (C=O) groups excluding carboxylic acids is 1. The highest BCUT2D eigenvalue weighted by molar-refractivity contribution is 6.03. The molecular formula is C12H13FN4O3. The lowest BCUT2D eigenvalue weighted by atomic mass is 10.2. The maximum absolute atomic E-state index is 13.2. The van der Waals surface area contributed by atoms with Crippen LogP contribution >= 0.6 is 0 Å². The van der Waals surface area contributed by atoms with Gasteiger partial charge in [0, 0.05) is 5.56 Å². The number of anilines is 1. The zero-order valence-corrected chi connectivity index (χ0v) is 10.9. The topological polar surface area (TPSA) is 89.1 Å². The number of nitrogens with zero attached hydrogens (tertiary/aromatic N) is 2. The summed E-state index contributed by atoms with van der Waals surface area (Å²) in [5.74, 6) is -0.878. The lowest BCUT2D eigenvalue weighted by Gasteiger charge is -2.05. The molecular weight excluding hydrogens is 267 g/mol. The van der Waals surface area contributed by atoms with Crippen molar-refractivity contribution < 1.29 is 18.7 Å². The summed E-state index contributed by atoms with van der Waals surface area (Å²) in [6.07, 6.45) is 0. The van der Waals surface area contributed by atoms with Crippen LogP contribution in [0.3, 0.4) is 0 Å². The lowest BCUT2D eigenvalue weighted by Crippen LogP contribution is -2.13. The molecule has 0 saturated carbocycles. The third-order valence-corrected chi connectivity index (χ3v) is 2.38. The van der Waals surface area contributed by atoms with E-state index in [1.807, 2.05) is 0 Å². The number of halogens is 1. The second-order valence-corrected chi connectivity index (χ2v) is 3.70. The van der Waals surface area contributed by atoms with Gasteiger partial charge in [0.25, 0.3) is 5.91 Å². The number of nitrogens with one attached hydrogen (secondary N) is 2. The molecule has 106 valence electrons. The zero-order chi connectivity index (χ0) is 14.5. The highest BCUT2D eigenvalue weighted by atomic mass is 19.1. The second-order valence-electron chi connectivity index (χ2n) is 3.70. The van der Waals surface area contributed by atoms with E-state index in [0.29, 0.717) is 6.61 Å². The average molecular weight is 280 g/mol. The van der Waals surface area contributed by atoms with Gasteiger partial charge in [-0.05, 0) is 25.1 Å². The number of H-pyrrole nitrogens is 1. The first-order valence-corrected chi connectivity index (χ1v) is 5.84. The summed E-state index contributed by atoms with van der Waals surface area (Å²) in [6, 6.07) is 3.93. The van der Waals surface area contributed by atoms with E-state index in [1.54, 1.807) is 6.92 Å². The summed E-state index contributed by atoms with van der Waals surface area (Å²) in [6.45, 7) is 2.21. The molecule has 0 spiro atoms. The summed E-state index contributed by atoms with van der Waals surface area (Å²) in [4.78, 5) is 15.8. The molecule has 1 aromatic carbocycles. The van der Waals surface area contributed by atoms with E-state index in [9.17, 15) is 9.18 Å². The van der Waals surface area contributed by atoms with Crippen molar-refractivity contribution in [2.45, 2.75) is 6.92 Å². The van der Waals surface area contributed by atoms with E-state index in [2.05, 4.69) is 20.5 Å². The average Bonchev–Trinajstić information content (AvgIpc) is 2.87. The molecule has 2 aromatic rings. The molecule has 0 unspecified atom stereocenters. The van der Waals surface area contributed by atoms with Crippen LogP contribution in [-0.2, 0) is 0 Å². The van der Waals surface area contributed by atoms with Crippen molar-refractivity contribution in [1.29, 1.82) is 0 Å². The van der Waals surface area contributed by atoms with Gasteiger partial charge in [0.1, 0.15) is 0 Å². The van der Waals surface area contributed by atoms with Crippen LogP contribution in [0.5, 0.6) is 11.8 Å². The minimum absolute atomic E-state index is 0.00905. The standard InChI is InChI=1S/C12H13FN4O3/c1-3-20-12-15-11(16-17-12)14-10(18)7-4-5-8(13)9(6-7)19-2/h4-6H,3H2,1-2H3,(H2,14,15,16,17,18). The van der Waals surface area contributed by atoms with Gasteiger partial charge in [-0.2, -0.15) is 4.98 Å². The van der Waals surface area contributed by atoms with Crippen LogP contribution in [0, 0.1) is 5.82 Å². The largest absolute Gasteiger partial charge is 0.494 e. The molecule has 0 radical (unpaired) electrons. The zero-order valence-electron chi connectivity index (χ0n) is 10.9. The van der Waals surface area contributed by atoms with Crippen molar-refractivity contribution in [3.05, 3.63) is 29.6 Å². The van der Waals surface area contributed by atoms with Gasteiger partial charge in [0.05, 0.1) is 13.7 Å². The number of hydrogen-bond acceptors (Lipinski definition) is 5. The van der Waals surface area contributed by atoms with Crippen LogP contribution in [0.4, 0.5) is 10.3 Å². The van der Waals surface area contributed by atoms with Gasteiger partial charge >= 0.3 is 6.01 Å². The Morgan fingerprint density at radius 2 is 2.30 bits per heavy atom. The monoisotopic (exact) mass is 280 g/mol. The van der Waals surface area contributed by atoms with Crippen LogP contribution in [0.15, 0.2) is 18.2 Å². The van der Waals surface area contributed by atoms with Crippen molar-refractivity contribution in [3.63, 3.8) is 0 Å². The Morgan fingerprint density at radius 3 is 3.00 bits per heavy atom. The van der Waals surface area contributed by atoms with E-state index in [4.69, 9.17) is 9.47 Å². The molecule has 20 heavy (non-hydrogen) atoms. The lowest BCUT2D eigenvalue weighted by molar-refractivity contribution is 0.102. The molecule has 0 aliphatic heterocycles. The molecule has 0 aliphatic rings. The Kier molecular flexibility index (Phi) is 4.14. The molecule has 0 fully saturated rings. The Balaban J connectivity index is 2.11. The summed E-state index contributed by atoms with van der Waals surface area (Å²) >= 11 is 0. The van der Waals surface area contributed by atoms with Crippen molar-refractivity contribution in [3.8, 4) is 11.8 Å². The van der Waals surface area contributed by atoms with Gasteiger partial charge in [0.2, 0.25) is 5.95 Å². The predicted octanol–water partition coefficient (Wildman–Crippen LogP) is 1.60. The quantitative estimate of drug-likeness (QED) is 0.868. The highest BCUT2D eigenvalue weighted by Gasteiger charge is 2.12. The van der Waals surface area contributed by atoms with Crippen molar-refractivity contribution in [2.24, 2.45) is 0 Å². The van der Waals surface area contributed by atoms with Gasteiger partial charge in [0.15, 0.2) is 11.6 Å². The summed E-state index contributed by atoms with van der Waals surface area (Å²) in [5.41, 5.74) is 0.234. The summed E-state index contributed by atoms with van der Waals surface area (Å²) in [7, 11) is 1.32. The Hall–Kier alpha value is -2.64. The fourth-order valence-electron chi connectivity index (χ4n) is 1.48. The minimum atomic E-state index is -0.539. The van der Waals surface area contributed by atoms with Gasteiger partial charge in [-0.25, -0.2) is 9.49 Å². The summed E-state index contributed by atoms with van der Waals surface area (Å²) < 4.78 is 23.1. The van der Waals surface area contributed by atoms with Crippen molar-refractivity contribution >= 4 is 11.9 Å². The van der Waals surface area contributed by atoms with Crippen LogP contribution in [0.2, 0.25) is 0 Å². The van der Waals surface area contributed by atoms with E-state index >= 15 is 0 Å². The molecule has 0 aliphatic carbocycles. The first-order chi connectivity index (χ1) is 9.63. The molecule has 1 amide bonds. The third kappa shape index (κ3) is 3.02. The fraction of sp³-hybridized carbons (Fsp3) is 0.250. The number of aromatic amines is 1. The maximum atomic E-state index is 13.2. The molecule has 2 N–H and O–H groups in total. The van der Waals surface area contributed by atoms with E-state index in [-0.39, 0.29) is 23.3 Å². The molecule has 8 heteroatoms. The van der Waals surface area contributed by atoms with Gasteiger partial charge in [-0.15, -0.1) is 5.10 Å². The van der Waals surface area contributed by atoms with Gasteiger partial charge in [-0.1, -0.05) is 0 Å². The third-order valence-electron chi connectivity index (χ3n) is 2.38. The Labute approximate surface area is 114 Å². The Morgan fingerprint density at radius 1 is 1.50 bits per heavy atom. The predicted molar refractivity (Wildman–Crippen MR) is 68.5 cm³/mol. The van der Waals surface area contributed by atoms with Crippen molar-refractivity contribution in [2.75, 3.05) is 19.0 Å². The minimum Gasteiger partial charge on any atom is -0.494 e. The maximum Gasteiger partial charge on any atom is 0.337 e. The van der Waals surface area contributed by atoms with Gasteiger partial charge < -0.3 is 9.47 Å². The number of methoxy groups -OCH3 is 1. The number of benzene rings is 1. The number of aromatic nitrogens is 3. The molecule has 2 rings (SSSR count).